The van der Waals surface area contributed by atoms with E-state index in [1.165, 1.54) is 16.4 Å². The number of carboxylic acid groups (broad SMARTS) is 1. The third-order valence-corrected chi connectivity index (χ3v) is 3.95. The summed E-state index contributed by atoms with van der Waals surface area (Å²) < 4.78 is 27.2. The van der Waals surface area contributed by atoms with Crippen LogP contribution in [0.25, 0.3) is 0 Å². The lowest BCUT2D eigenvalue weighted by atomic mass is 10.3. The zero-order valence-electron chi connectivity index (χ0n) is 10.1. The Bertz CT molecular complexity index is 508. The fourth-order valence-electron chi connectivity index (χ4n) is 1.34. The quantitative estimate of drug-likeness (QED) is 0.797. The third-order valence-electron chi connectivity index (χ3n) is 2.29. The Morgan fingerprint density at radius 3 is 2.39 bits per heavy atom. The molecular weight excluding hydrogens is 258 g/mol. The van der Waals surface area contributed by atoms with Crippen LogP contribution < -0.4 is 4.72 Å². The molecule has 0 aromatic carbocycles. The molecule has 1 heterocycles. The second-order valence-corrected chi connectivity index (χ2v) is 5.10. The van der Waals surface area contributed by atoms with E-state index in [9.17, 15) is 13.2 Å². The number of carbonyl (C=O) groups is 1. The number of aromatic carboxylic acids is 1. The van der Waals surface area contributed by atoms with Crippen LogP contribution in [0.5, 0.6) is 0 Å². The monoisotopic (exact) mass is 273 g/mol. The summed E-state index contributed by atoms with van der Waals surface area (Å²) in [6.07, 6.45) is 1.10. The molecular formula is C10H15N3O4S. The summed E-state index contributed by atoms with van der Waals surface area (Å²) in [5, 5.41) is 8.69. The summed E-state index contributed by atoms with van der Waals surface area (Å²) in [7, 11) is -3.64. The first-order valence-electron chi connectivity index (χ1n) is 5.38. The minimum atomic E-state index is -3.64. The van der Waals surface area contributed by atoms with E-state index in [4.69, 9.17) is 5.11 Å². The van der Waals surface area contributed by atoms with E-state index in [0.717, 1.165) is 6.20 Å². The van der Waals surface area contributed by atoms with Gasteiger partial charge in [0, 0.05) is 19.3 Å². The van der Waals surface area contributed by atoms with Gasteiger partial charge in [0.2, 0.25) is 0 Å². The number of hydrogen-bond acceptors (Lipinski definition) is 4. The highest BCUT2D eigenvalue weighted by Gasteiger charge is 2.18. The van der Waals surface area contributed by atoms with Crippen LogP contribution in [0.3, 0.4) is 0 Å². The minimum Gasteiger partial charge on any atom is -0.478 e. The van der Waals surface area contributed by atoms with Crippen LogP contribution in [0.15, 0.2) is 18.3 Å². The molecule has 1 rings (SSSR count). The smallest absolute Gasteiger partial charge is 0.337 e. The summed E-state index contributed by atoms with van der Waals surface area (Å²) in [5.41, 5.74) is 0.000729. The average Bonchev–Trinajstić information content (AvgIpc) is 2.30. The van der Waals surface area contributed by atoms with E-state index in [2.05, 4.69) is 9.71 Å². The van der Waals surface area contributed by atoms with Crippen molar-refractivity contribution in [2.75, 3.05) is 17.8 Å². The first-order chi connectivity index (χ1) is 8.40. The van der Waals surface area contributed by atoms with Crippen molar-refractivity contribution >= 4 is 22.0 Å². The maximum absolute atomic E-state index is 11.8. The number of anilines is 1. The van der Waals surface area contributed by atoms with E-state index in [-0.39, 0.29) is 11.4 Å². The van der Waals surface area contributed by atoms with Gasteiger partial charge in [-0.05, 0) is 12.1 Å². The van der Waals surface area contributed by atoms with E-state index < -0.39 is 16.2 Å². The lowest BCUT2D eigenvalue weighted by molar-refractivity contribution is 0.0696. The fourth-order valence-corrected chi connectivity index (χ4v) is 2.53. The second kappa shape index (κ2) is 5.78. The first kappa shape index (κ1) is 14.4. The summed E-state index contributed by atoms with van der Waals surface area (Å²) in [6.45, 7) is 4.14. The predicted octanol–water partition coefficient (Wildman–Crippen LogP) is 0.778. The fraction of sp³-hybridized carbons (Fsp3) is 0.400. The van der Waals surface area contributed by atoms with Crippen molar-refractivity contribution in [1.29, 1.82) is 0 Å². The van der Waals surface area contributed by atoms with Crippen LogP contribution in [-0.4, -0.2) is 41.9 Å². The van der Waals surface area contributed by atoms with Crippen LogP contribution in [0.2, 0.25) is 0 Å². The number of hydrogen-bond donors (Lipinski definition) is 2. The van der Waals surface area contributed by atoms with Crippen LogP contribution >= 0.6 is 0 Å². The molecule has 0 fully saturated rings. The average molecular weight is 273 g/mol. The van der Waals surface area contributed by atoms with Crippen LogP contribution in [-0.2, 0) is 10.2 Å². The number of nitrogens with zero attached hydrogens (tertiary/aromatic N) is 2. The van der Waals surface area contributed by atoms with Crippen molar-refractivity contribution in [1.82, 2.24) is 9.29 Å². The van der Waals surface area contributed by atoms with Gasteiger partial charge in [-0.25, -0.2) is 9.78 Å². The molecule has 0 spiro atoms. The SMILES string of the molecule is CCN(CC)S(=O)(=O)Nc1ccc(C(=O)O)cn1. The van der Waals surface area contributed by atoms with Gasteiger partial charge >= 0.3 is 16.2 Å². The molecule has 0 saturated carbocycles. The lowest BCUT2D eigenvalue weighted by Gasteiger charge is -2.18. The van der Waals surface area contributed by atoms with Gasteiger partial charge in [0.25, 0.3) is 0 Å². The Morgan fingerprint density at radius 2 is 2.00 bits per heavy atom. The molecule has 0 bridgehead atoms. The Kier molecular flexibility index (Phi) is 4.62. The molecule has 0 amide bonds. The summed E-state index contributed by atoms with van der Waals surface area (Å²) in [6, 6.07) is 2.60. The highest BCUT2D eigenvalue weighted by Crippen LogP contribution is 2.09. The molecule has 0 saturated heterocycles. The molecule has 0 aliphatic carbocycles. The molecule has 100 valence electrons. The van der Waals surface area contributed by atoms with Crippen molar-refractivity contribution in [2.45, 2.75) is 13.8 Å². The van der Waals surface area contributed by atoms with Gasteiger partial charge in [-0.2, -0.15) is 12.7 Å². The molecule has 18 heavy (non-hydrogen) atoms. The third kappa shape index (κ3) is 3.41. The Morgan fingerprint density at radius 1 is 1.39 bits per heavy atom. The van der Waals surface area contributed by atoms with Crippen molar-refractivity contribution in [3.05, 3.63) is 23.9 Å². The van der Waals surface area contributed by atoms with Gasteiger partial charge in [0.05, 0.1) is 5.56 Å². The number of pyridine rings is 1. The van der Waals surface area contributed by atoms with Crippen LogP contribution in [0, 0.1) is 0 Å². The normalized spacial score (nSPS) is 11.5. The zero-order chi connectivity index (χ0) is 13.8. The predicted molar refractivity (Wildman–Crippen MR) is 66.7 cm³/mol. The van der Waals surface area contributed by atoms with Gasteiger partial charge in [-0.3, -0.25) is 4.72 Å². The molecule has 0 radical (unpaired) electrons. The molecule has 1 aromatic heterocycles. The van der Waals surface area contributed by atoms with E-state index in [0.29, 0.717) is 13.1 Å². The Balaban J connectivity index is 2.88. The van der Waals surface area contributed by atoms with Gasteiger partial charge in [-0.15, -0.1) is 0 Å². The summed E-state index contributed by atoms with van der Waals surface area (Å²) in [5.74, 6) is -1.02. The highest BCUT2D eigenvalue weighted by atomic mass is 32.2. The molecule has 7 nitrogen and oxygen atoms in total. The second-order valence-electron chi connectivity index (χ2n) is 3.43. The summed E-state index contributed by atoms with van der Waals surface area (Å²) >= 11 is 0. The van der Waals surface area contributed by atoms with Crippen molar-refractivity contribution in [2.24, 2.45) is 0 Å². The topological polar surface area (TPSA) is 99.6 Å². The highest BCUT2D eigenvalue weighted by molar-refractivity contribution is 7.90. The molecule has 0 aliphatic heterocycles. The molecule has 8 heteroatoms. The Hall–Kier alpha value is -1.67. The number of rotatable bonds is 6. The molecule has 0 aliphatic rings. The van der Waals surface area contributed by atoms with Gasteiger partial charge in [-0.1, -0.05) is 13.8 Å². The number of carboxylic acids is 1. The molecule has 2 N–H and O–H groups in total. The lowest BCUT2D eigenvalue weighted by Crippen LogP contribution is -2.35. The van der Waals surface area contributed by atoms with Crippen LogP contribution in [0.4, 0.5) is 5.82 Å². The largest absolute Gasteiger partial charge is 0.478 e. The molecule has 0 atom stereocenters. The Labute approximate surface area is 106 Å². The standard InChI is InChI=1S/C10H15N3O4S/c1-3-13(4-2)18(16,17)12-9-6-5-8(7-11-9)10(14)15/h5-7H,3-4H2,1-2H3,(H,11,12)(H,14,15). The van der Waals surface area contributed by atoms with E-state index in [1.807, 2.05) is 0 Å². The zero-order valence-corrected chi connectivity index (χ0v) is 10.9. The minimum absolute atomic E-state index is 0.000729. The van der Waals surface area contributed by atoms with E-state index in [1.54, 1.807) is 13.8 Å². The first-order valence-corrected chi connectivity index (χ1v) is 6.82. The maximum atomic E-state index is 11.8. The number of nitrogens with one attached hydrogen (secondary N) is 1. The maximum Gasteiger partial charge on any atom is 0.337 e. The number of aromatic nitrogens is 1. The summed E-state index contributed by atoms with van der Waals surface area (Å²) in [4.78, 5) is 14.3. The van der Waals surface area contributed by atoms with E-state index >= 15 is 0 Å². The molecule has 0 unspecified atom stereocenters. The van der Waals surface area contributed by atoms with Gasteiger partial charge in [0.15, 0.2) is 0 Å². The van der Waals surface area contributed by atoms with Gasteiger partial charge in [0.1, 0.15) is 5.82 Å². The van der Waals surface area contributed by atoms with Crippen molar-refractivity contribution < 1.29 is 18.3 Å². The van der Waals surface area contributed by atoms with Crippen LogP contribution in [0.1, 0.15) is 24.2 Å². The van der Waals surface area contributed by atoms with Crippen molar-refractivity contribution in [3.8, 4) is 0 Å². The van der Waals surface area contributed by atoms with Gasteiger partial charge < -0.3 is 5.11 Å². The molecule has 1 aromatic rings. The van der Waals surface area contributed by atoms with Crippen molar-refractivity contribution in [3.63, 3.8) is 0 Å².